The van der Waals surface area contributed by atoms with E-state index in [9.17, 15) is 9.59 Å². The number of para-hydroxylation sites is 2. The molecule has 8 nitrogen and oxygen atoms in total. The van der Waals surface area contributed by atoms with Gasteiger partial charge in [0, 0.05) is 25.3 Å². The molecule has 1 unspecified atom stereocenters. The molecule has 0 fully saturated rings. The summed E-state index contributed by atoms with van der Waals surface area (Å²) in [6.07, 6.45) is 0.392. The molecule has 2 aromatic carbocycles. The van der Waals surface area contributed by atoms with Crippen LogP contribution >= 0.6 is 23.2 Å². The molecule has 192 valence electrons. The number of rotatable bonds is 9. The Hall–Kier alpha value is -3.01. The largest absolute Gasteiger partial charge is 0.461 e. The van der Waals surface area contributed by atoms with Crippen LogP contribution in [0.2, 0.25) is 10.2 Å². The minimum absolute atomic E-state index is 0.0296. The van der Waals surface area contributed by atoms with Crippen molar-refractivity contribution in [3.8, 4) is 28.4 Å². The maximum atomic E-state index is 15.0. The summed E-state index contributed by atoms with van der Waals surface area (Å²) >= 11 is 12.8. The zero-order valence-corrected chi connectivity index (χ0v) is 21.3. The van der Waals surface area contributed by atoms with Gasteiger partial charge in [-0.05, 0) is 51.0 Å². The lowest BCUT2D eigenvalue weighted by Gasteiger charge is -2.19. The van der Waals surface area contributed by atoms with Crippen molar-refractivity contribution in [2.24, 2.45) is 0 Å². The number of fused-ring (bicyclic) bond motifs is 1. The first-order valence-electron chi connectivity index (χ1n) is 11.6. The number of nitrogens with zero attached hydrogens (tertiary/aromatic N) is 2. The Bertz CT molecular complexity index is 1320. The van der Waals surface area contributed by atoms with Gasteiger partial charge in [0.25, 0.3) is 11.8 Å². The van der Waals surface area contributed by atoms with Crippen molar-refractivity contribution in [2.45, 2.75) is 46.1 Å². The number of ether oxygens (including phenoxy) is 4. The van der Waals surface area contributed by atoms with E-state index in [2.05, 4.69) is 0 Å². The first-order valence-corrected chi connectivity index (χ1v) is 12.3. The maximum absolute atomic E-state index is 15.0. The number of aromatic nitrogens is 2. The molecule has 1 aliphatic rings. The molecule has 2 heterocycles. The highest BCUT2D eigenvalue weighted by Gasteiger charge is 2.27. The van der Waals surface area contributed by atoms with E-state index in [0.29, 0.717) is 13.1 Å². The highest BCUT2D eigenvalue weighted by molar-refractivity contribution is 6.33. The predicted molar refractivity (Wildman–Crippen MR) is 133 cm³/mol. The van der Waals surface area contributed by atoms with Gasteiger partial charge >= 0.3 is 5.97 Å². The van der Waals surface area contributed by atoms with Gasteiger partial charge in [-0.1, -0.05) is 35.3 Å². The zero-order valence-electron chi connectivity index (χ0n) is 19.8. The van der Waals surface area contributed by atoms with Gasteiger partial charge in [0.1, 0.15) is 16.7 Å². The Morgan fingerprint density at radius 3 is 2.39 bits per heavy atom. The number of esters is 1. The van der Waals surface area contributed by atoms with Crippen molar-refractivity contribution >= 4 is 29.2 Å². The minimum Gasteiger partial charge on any atom is -0.461 e. The quantitative estimate of drug-likeness (QED) is 0.258. The lowest BCUT2D eigenvalue weighted by atomic mass is 10.1. The third kappa shape index (κ3) is 5.23. The van der Waals surface area contributed by atoms with E-state index in [0.717, 1.165) is 18.9 Å². The molecule has 0 radical (unpaired) electrons. The van der Waals surface area contributed by atoms with E-state index in [1.807, 2.05) is 0 Å². The molecule has 0 spiro atoms. The molecule has 0 bridgehead atoms. The topological polar surface area (TPSA) is 80.9 Å². The zero-order chi connectivity index (χ0) is 25.8. The van der Waals surface area contributed by atoms with Crippen molar-refractivity contribution in [3.63, 3.8) is 0 Å². The summed E-state index contributed by atoms with van der Waals surface area (Å²) in [5.74, 6) is -0.978. The lowest BCUT2D eigenvalue weighted by molar-refractivity contribution is -0.176. The molecule has 4 rings (SSSR count). The molecule has 0 N–H and O–H groups in total. The van der Waals surface area contributed by atoms with Crippen LogP contribution in [0.4, 0.5) is 4.39 Å². The van der Waals surface area contributed by atoms with E-state index < -0.39 is 18.1 Å². The Balaban J connectivity index is 1.70. The molecule has 0 saturated heterocycles. The standard InChI is InChI=1S/C25H25Cl2FN2O6/c1-3-33-24(32)25(34-4-2)36-19-10-6-5-9-18(19)35-20-13-15(17(28)14-16(20)26)21-22(27)29-11-7-8-12-30(29)23(21)31/h5-6,9-10,13-14,25H,3-4,7-8,11-12H2,1-2H3. The molecule has 0 saturated carbocycles. The second-order valence-corrected chi connectivity index (χ2v) is 8.66. The number of hydrogen-bond acceptors (Lipinski definition) is 6. The van der Waals surface area contributed by atoms with Gasteiger partial charge in [0.05, 0.1) is 17.2 Å². The van der Waals surface area contributed by atoms with E-state index in [1.165, 1.54) is 10.7 Å². The van der Waals surface area contributed by atoms with Crippen LogP contribution in [0.1, 0.15) is 26.7 Å². The molecule has 1 atom stereocenters. The van der Waals surface area contributed by atoms with Gasteiger partial charge < -0.3 is 18.9 Å². The first kappa shape index (κ1) is 26.1. The van der Waals surface area contributed by atoms with Crippen molar-refractivity contribution in [1.82, 2.24) is 9.36 Å². The molecule has 1 aromatic heterocycles. The van der Waals surface area contributed by atoms with Crippen LogP contribution in [-0.4, -0.2) is 34.8 Å². The summed E-state index contributed by atoms with van der Waals surface area (Å²) in [6.45, 7) is 4.82. The smallest absolute Gasteiger partial charge is 0.376 e. The molecule has 1 aliphatic heterocycles. The Kier molecular flexibility index (Phi) is 8.23. The fourth-order valence-corrected chi connectivity index (χ4v) is 4.48. The first-order chi connectivity index (χ1) is 17.3. The molecule has 3 aromatic rings. The van der Waals surface area contributed by atoms with Crippen molar-refractivity contribution in [3.05, 3.63) is 62.7 Å². The number of hydrogen-bond donors (Lipinski definition) is 0. The van der Waals surface area contributed by atoms with Crippen molar-refractivity contribution < 1.29 is 28.1 Å². The second kappa shape index (κ2) is 11.4. The van der Waals surface area contributed by atoms with Gasteiger partial charge in [-0.25, -0.2) is 13.9 Å². The summed E-state index contributed by atoms with van der Waals surface area (Å²) in [4.78, 5) is 25.3. The van der Waals surface area contributed by atoms with Crippen LogP contribution in [-0.2, 0) is 27.4 Å². The monoisotopic (exact) mass is 538 g/mol. The Labute approximate surface area is 217 Å². The third-order valence-electron chi connectivity index (χ3n) is 5.55. The van der Waals surface area contributed by atoms with Crippen LogP contribution < -0.4 is 15.0 Å². The maximum Gasteiger partial charge on any atom is 0.376 e. The molecule has 0 amide bonds. The average molecular weight is 539 g/mol. The fourth-order valence-electron chi connectivity index (χ4n) is 3.93. The molecule has 36 heavy (non-hydrogen) atoms. The van der Waals surface area contributed by atoms with Crippen molar-refractivity contribution in [2.75, 3.05) is 13.2 Å². The number of benzene rings is 2. The van der Waals surface area contributed by atoms with Crippen LogP contribution in [0.3, 0.4) is 0 Å². The fraction of sp³-hybridized carbons (Fsp3) is 0.360. The van der Waals surface area contributed by atoms with Gasteiger partial charge in [-0.2, -0.15) is 0 Å². The van der Waals surface area contributed by atoms with E-state index in [-0.39, 0.29) is 57.3 Å². The van der Waals surface area contributed by atoms with Gasteiger partial charge in [-0.3, -0.25) is 9.48 Å². The highest BCUT2D eigenvalue weighted by atomic mass is 35.5. The normalized spacial score (nSPS) is 13.7. The number of carbonyl (C=O) groups is 1. The summed E-state index contributed by atoms with van der Waals surface area (Å²) in [5.41, 5.74) is -0.374. The summed E-state index contributed by atoms with van der Waals surface area (Å²) in [5, 5.41) is 0.127. The lowest BCUT2D eigenvalue weighted by Crippen LogP contribution is -2.32. The third-order valence-corrected chi connectivity index (χ3v) is 6.23. The van der Waals surface area contributed by atoms with Gasteiger partial charge in [0.2, 0.25) is 0 Å². The predicted octanol–water partition coefficient (Wildman–Crippen LogP) is 5.65. The van der Waals surface area contributed by atoms with Crippen LogP contribution in [0, 0.1) is 5.82 Å². The van der Waals surface area contributed by atoms with E-state index in [4.69, 9.17) is 42.1 Å². The van der Waals surface area contributed by atoms with E-state index >= 15 is 4.39 Å². The number of carbonyl (C=O) groups excluding carboxylic acids is 1. The highest BCUT2D eigenvalue weighted by Crippen LogP contribution is 2.40. The second-order valence-electron chi connectivity index (χ2n) is 7.89. The van der Waals surface area contributed by atoms with Gasteiger partial charge in [-0.15, -0.1) is 0 Å². The number of halogens is 3. The van der Waals surface area contributed by atoms with Crippen LogP contribution in [0.5, 0.6) is 17.2 Å². The van der Waals surface area contributed by atoms with Crippen LogP contribution in [0.25, 0.3) is 11.1 Å². The summed E-state index contributed by atoms with van der Waals surface area (Å²) < 4.78 is 40.3. The SMILES string of the molecule is CCOC(=O)C(OCC)Oc1ccccc1Oc1cc(-c2c(Cl)n3n(c2=O)CCCC3)c(F)cc1Cl. The molecule has 11 heteroatoms. The van der Waals surface area contributed by atoms with Crippen LogP contribution in [0.15, 0.2) is 41.2 Å². The van der Waals surface area contributed by atoms with Crippen molar-refractivity contribution in [1.29, 1.82) is 0 Å². The average Bonchev–Trinajstić information content (AvgIpc) is 3.11. The van der Waals surface area contributed by atoms with Gasteiger partial charge in [0.15, 0.2) is 11.5 Å². The minimum atomic E-state index is -1.31. The summed E-state index contributed by atoms with van der Waals surface area (Å²) in [6, 6.07) is 8.92. The molecule has 0 aliphatic carbocycles. The molecular formula is C25H25Cl2FN2O6. The molecular weight excluding hydrogens is 514 g/mol. The summed E-state index contributed by atoms with van der Waals surface area (Å²) in [7, 11) is 0. The van der Waals surface area contributed by atoms with E-state index in [1.54, 1.807) is 42.8 Å². The Morgan fingerprint density at radius 1 is 1.03 bits per heavy atom. The Morgan fingerprint density at radius 2 is 1.72 bits per heavy atom.